The maximum atomic E-state index is 12.9. The number of hydrogen-bond acceptors (Lipinski definition) is 3. The molecule has 20 heavy (non-hydrogen) atoms. The van der Waals surface area contributed by atoms with Gasteiger partial charge in [-0.25, -0.2) is 8.42 Å². The molecule has 5 heteroatoms. The van der Waals surface area contributed by atoms with Gasteiger partial charge < -0.3 is 5.73 Å². The minimum atomic E-state index is -3.48. The molecule has 0 aliphatic heterocycles. The summed E-state index contributed by atoms with van der Waals surface area (Å²) in [5.41, 5.74) is 7.30. The molecule has 0 saturated carbocycles. The molecule has 0 fully saturated rings. The van der Waals surface area contributed by atoms with Crippen LogP contribution in [0.3, 0.4) is 0 Å². The second-order valence-corrected chi connectivity index (χ2v) is 7.67. The molecule has 4 nitrogen and oxygen atoms in total. The zero-order valence-corrected chi connectivity index (χ0v) is 13.9. The Kier molecular flexibility index (Phi) is 5.74. The second-order valence-electron chi connectivity index (χ2n) is 5.81. The summed E-state index contributed by atoms with van der Waals surface area (Å²) in [6.07, 6.45) is 0. The molecular formula is C15H26N2O2S. The van der Waals surface area contributed by atoms with Gasteiger partial charge in [0.1, 0.15) is 0 Å². The van der Waals surface area contributed by atoms with Crippen molar-refractivity contribution >= 4 is 10.0 Å². The molecule has 0 atom stereocenters. The SMILES string of the molecule is Cc1c(CN)cccc1S(=O)(=O)N(CC(C)C)C(C)C. The van der Waals surface area contributed by atoms with Crippen molar-refractivity contribution in [3.05, 3.63) is 29.3 Å². The van der Waals surface area contributed by atoms with Gasteiger partial charge in [-0.1, -0.05) is 26.0 Å². The molecule has 0 aliphatic rings. The van der Waals surface area contributed by atoms with Gasteiger partial charge in [0.25, 0.3) is 0 Å². The molecule has 1 rings (SSSR count). The lowest BCUT2D eigenvalue weighted by molar-refractivity contribution is 0.318. The quantitative estimate of drug-likeness (QED) is 0.877. The van der Waals surface area contributed by atoms with Gasteiger partial charge in [0.15, 0.2) is 0 Å². The summed E-state index contributed by atoms with van der Waals surface area (Å²) in [4.78, 5) is 0.370. The maximum absolute atomic E-state index is 12.9. The smallest absolute Gasteiger partial charge is 0.243 e. The van der Waals surface area contributed by atoms with Crippen LogP contribution >= 0.6 is 0 Å². The van der Waals surface area contributed by atoms with Gasteiger partial charge in [0.05, 0.1) is 4.90 Å². The van der Waals surface area contributed by atoms with Gasteiger partial charge >= 0.3 is 0 Å². The lowest BCUT2D eigenvalue weighted by Gasteiger charge is -2.28. The first-order valence-corrected chi connectivity index (χ1v) is 8.46. The van der Waals surface area contributed by atoms with Gasteiger partial charge in [-0.05, 0) is 43.9 Å². The monoisotopic (exact) mass is 298 g/mol. The second kappa shape index (κ2) is 6.70. The van der Waals surface area contributed by atoms with E-state index >= 15 is 0 Å². The van der Waals surface area contributed by atoms with Crippen molar-refractivity contribution in [2.45, 2.75) is 52.1 Å². The molecule has 0 unspecified atom stereocenters. The number of sulfonamides is 1. The van der Waals surface area contributed by atoms with Crippen molar-refractivity contribution in [1.82, 2.24) is 4.31 Å². The van der Waals surface area contributed by atoms with Crippen LogP contribution in [-0.2, 0) is 16.6 Å². The topological polar surface area (TPSA) is 63.4 Å². The Labute approximate surface area is 123 Å². The van der Waals surface area contributed by atoms with Crippen LogP contribution in [0.5, 0.6) is 0 Å². The Balaban J connectivity index is 3.34. The van der Waals surface area contributed by atoms with E-state index in [4.69, 9.17) is 5.73 Å². The fourth-order valence-electron chi connectivity index (χ4n) is 2.23. The fourth-order valence-corrected chi connectivity index (χ4v) is 4.30. The fraction of sp³-hybridized carbons (Fsp3) is 0.600. The third-order valence-corrected chi connectivity index (χ3v) is 5.51. The van der Waals surface area contributed by atoms with Gasteiger partial charge in [0.2, 0.25) is 10.0 Å². The summed E-state index contributed by atoms with van der Waals surface area (Å²) in [6.45, 7) is 10.5. The molecule has 0 spiro atoms. The van der Waals surface area contributed by atoms with Crippen molar-refractivity contribution in [3.63, 3.8) is 0 Å². The number of nitrogens with zero attached hydrogens (tertiary/aromatic N) is 1. The van der Waals surface area contributed by atoms with Crippen molar-refractivity contribution in [3.8, 4) is 0 Å². The van der Waals surface area contributed by atoms with Crippen LogP contribution < -0.4 is 5.73 Å². The third-order valence-electron chi connectivity index (χ3n) is 3.32. The van der Waals surface area contributed by atoms with Crippen molar-refractivity contribution < 1.29 is 8.42 Å². The summed E-state index contributed by atoms with van der Waals surface area (Å²) >= 11 is 0. The first-order chi connectivity index (χ1) is 9.21. The average molecular weight is 298 g/mol. The normalized spacial score (nSPS) is 12.7. The Morgan fingerprint density at radius 2 is 1.80 bits per heavy atom. The van der Waals surface area contributed by atoms with Crippen LogP contribution in [-0.4, -0.2) is 25.3 Å². The number of nitrogens with two attached hydrogens (primary N) is 1. The summed E-state index contributed by atoms with van der Waals surface area (Å²) in [5.74, 6) is 0.283. The standard InChI is InChI=1S/C15H26N2O2S/c1-11(2)10-17(12(3)4)20(18,19)15-8-6-7-14(9-16)13(15)5/h6-8,11-12H,9-10,16H2,1-5H3. The van der Waals surface area contributed by atoms with Gasteiger partial charge in [-0.15, -0.1) is 0 Å². The first-order valence-electron chi connectivity index (χ1n) is 7.02. The number of hydrogen-bond donors (Lipinski definition) is 1. The molecule has 0 amide bonds. The van der Waals surface area contributed by atoms with E-state index in [9.17, 15) is 8.42 Å². The van der Waals surface area contributed by atoms with E-state index in [1.54, 1.807) is 16.4 Å². The lowest BCUT2D eigenvalue weighted by Crippen LogP contribution is -2.39. The van der Waals surface area contributed by atoms with Crippen LogP contribution in [0.2, 0.25) is 0 Å². The van der Waals surface area contributed by atoms with Crippen molar-refractivity contribution in [2.24, 2.45) is 11.7 Å². The molecule has 0 bridgehead atoms. The highest BCUT2D eigenvalue weighted by Crippen LogP contribution is 2.24. The van der Waals surface area contributed by atoms with E-state index in [0.717, 1.165) is 11.1 Å². The van der Waals surface area contributed by atoms with Crippen molar-refractivity contribution in [2.75, 3.05) is 6.54 Å². The van der Waals surface area contributed by atoms with Crippen LogP contribution in [0, 0.1) is 12.8 Å². The van der Waals surface area contributed by atoms with E-state index < -0.39 is 10.0 Å². The molecular weight excluding hydrogens is 272 g/mol. The van der Waals surface area contributed by atoms with Gasteiger partial charge in [0, 0.05) is 19.1 Å². The van der Waals surface area contributed by atoms with E-state index in [0.29, 0.717) is 18.0 Å². The molecule has 1 aromatic rings. The molecule has 0 aliphatic carbocycles. The first kappa shape index (κ1) is 17.1. The molecule has 0 aromatic heterocycles. The third kappa shape index (κ3) is 3.59. The van der Waals surface area contributed by atoms with E-state index in [2.05, 4.69) is 0 Å². The Hall–Kier alpha value is -0.910. The average Bonchev–Trinajstić information content (AvgIpc) is 2.35. The lowest BCUT2D eigenvalue weighted by atomic mass is 10.1. The summed E-state index contributed by atoms with van der Waals surface area (Å²) in [5, 5.41) is 0. The zero-order chi connectivity index (χ0) is 15.5. The highest BCUT2D eigenvalue weighted by atomic mass is 32.2. The largest absolute Gasteiger partial charge is 0.326 e. The minimum Gasteiger partial charge on any atom is -0.326 e. The summed E-state index contributed by atoms with van der Waals surface area (Å²) < 4.78 is 27.3. The highest BCUT2D eigenvalue weighted by Gasteiger charge is 2.29. The highest BCUT2D eigenvalue weighted by molar-refractivity contribution is 7.89. The molecule has 0 heterocycles. The van der Waals surface area contributed by atoms with Crippen LogP contribution in [0.15, 0.2) is 23.1 Å². The van der Waals surface area contributed by atoms with Crippen LogP contribution in [0.4, 0.5) is 0 Å². The minimum absolute atomic E-state index is 0.0664. The Bertz CT molecular complexity index is 551. The van der Waals surface area contributed by atoms with Crippen LogP contribution in [0.1, 0.15) is 38.8 Å². The van der Waals surface area contributed by atoms with Gasteiger partial charge in [-0.3, -0.25) is 0 Å². The number of rotatable bonds is 6. The molecule has 1 aromatic carbocycles. The maximum Gasteiger partial charge on any atom is 0.243 e. The van der Waals surface area contributed by atoms with Crippen molar-refractivity contribution in [1.29, 1.82) is 0 Å². The molecule has 0 radical (unpaired) electrons. The van der Waals surface area contributed by atoms with E-state index in [-0.39, 0.29) is 12.0 Å². The zero-order valence-electron chi connectivity index (χ0n) is 13.1. The van der Waals surface area contributed by atoms with E-state index in [1.807, 2.05) is 40.7 Å². The van der Waals surface area contributed by atoms with E-state index in [1.165, 1.54) is 0 Å². The predicted octanol–water partition coefficient (Wildman–Crippen LogP) is 2.51. The molecule has 0 saturated heterocycles. The Morgan fingerprint density at radius 3 is 2.25 bits per heavy atom. The summed E-state index contributed by atoms with van der Waals surface area (Å²) in [7, 11) is -3.48. The summed E-state index contributed by atoms with van der Waals surface area (Å²) in [6, 6.07) is 5.23. The molecule has 114 valence electrons. The van der Waals surface area contributed by atoms with Crippen LogP contribution in [0.25, 0.3) is 0 Å². The molecule has 2 N–H and O–H groups in total. The number of benzene rings is 1. The Morgan fingerprint density at radius 1 is 1.20 bits per heavy atom. The van der Waals surface area contributed by atoms with Gasteiger partial charge in [-0.2, -0.15) is 4.31 Å². The predicted molar refractivity (Wildman–Crippen MR) is 82.9 cm³/mol.